The molecule has 3 N–H and O–H groups in total. The highest BCUT2D eigenvalue weighted by molar-refractivity contribution is 7.13. The van der Waals surface area contributed by atoms with Gasteiger partial charge in [0.15, 0.2) is 0 Å². The molecule has 0 atom stereocenters. The first-order chi connectivity index (χ1) is 11.1. The maximum Gasteiger partial charge on any atom is 0.259 e. The zero-order chi connectivity index (χ0) is 16.4. The minimum absolute atomic E-state index is 0.00413. The van der Waals surface area contributed by atoms with E-state index in [1.54, 1.807) is 6.07 Å². The third kappa shape index (κ3) is 3.09. The predicted molar refractivity (Wildman–Crippen MR) is 91.6 cm³/mol. The summed E-state index contributed by atoms with van der Waals surface area (Å²) in [6, 6.07) is 9.28. The maximum atomic E-state index is 12.5. The number of aromatic nitrogens is 1. The number of anilines is 1. The number of carbonyl (C=O) groups is 1. The highest BCUT2D eigenvalue weighted by atomic mass is 35.5. The first-order valence-electron chi connectivity index (χ1n) is 6.89. The van der Waals surface area contributed by atoms with Gasteiger partial charge in [0.2, 0.25) is 5.88 Å². The van der Waals surface area contributed by atoms with Gasteiger partial charge in [-0.2, -0.15) is 0 Å². The molecule has 0 fully saturated rings. The summed E-state index contributed by atoms with van der Waals surface area (Å²) in [5.74, 6) is -0.337. The van der Waals surface area contributed by atoms with E-state index in [1.165, 1.54) is 11.3 Å². The topological polar surface area (TPSA) is 81.2 Å². The van der Waals surface area contributed by atoms with Crippen LogP contribution >= 0.6 is 22.9 Å². The Hall–Kier alpha value is -2.31. The molecule has 0 bridgehead atoms. The Morgan fingerprint density at radius 1 is 1.39 bits per heavy atom. The lowest BCUT2D eigenvalue weighted by molar-refractivity contribution is 0.0952. The second-order valence-electron chi connectivity index (χ2n) is 4.98. The van der Waals surface area contributed by atoms with Crippen molar-refractivity contribution in [2.24, 2.45) is 0 Å². The summed E-state index contributed by atoms with van der Waals surface area (Å²) >= 11 is 7.58. The molecular weight excluding hydrogens is 334 g/mol. The van der Waals surface area contributed by atoms with Crippen LogP contribution < -0.4 is 11.1 Å². The number of amides is 1. The van der Waals surface area contributed by atoms with Crippen LogP contribution in [0.4, 0.5) is 5.88 Å². The van der Waals surface area contributed by atoms with Crippen molar-refractivity contribution in [3.8, 4) is 10.6 Å². The van der Waals surface area contributed by atoms with E-state index < -0.39 is 0 Å². The van der Waals surface area contributed by atoms with Gasteiger partial charge in [-0.15, -0.1) is 11.3 Å². The number of nitrogens with one attached hydrogen (secondary N) is 1. The van der Waals surface area contributed by atoms with E-state index in [4.69, 9.17) is 21.9 Å². The van der Waals surface area contributed by atoms with E-state index in [0.717, 1.165) is 16.0 Å². The van der Waals surface area contributed by atoms with Crippen molar-refractivity contribution >= 4 is 34.7 Å². The standard InChI is InChI=1S/C16H14ClN3O2S/c1-9-6-7-23-14(9)13-12(15(18)22-20-13)16(21)19-8-10-4-2-3-5-11(10)17/h2-7H,8,18H2,1H3,(H,19,21). The van der Waals surface area contributed by atoms with Crippen molar-refractivity contribution in [1.29, 1.82) is 0 Å². The third-order valence-corrected chi connectivity index (χ3v) is 4.81. The van der Waals surface area contributed by atoms with E-state index >= 15 is 0 Å². The van der Waals surface area contributed by atoms with E-state index in [-0.39, 0.29) is 17.4 Å². The molecule has 2 heterocycles. The molecule has 118 valence electrons. The van der Waals surface area contributed by atoms with Crippen LogP contribution in [-0.2, 0) is 6.54 Å². The average molecular weight is 348 g/mol. The van der Waals surface area contributed by atoms with Gasteiger partial charge in [0.25, 0.3) is 5.91 Å². The molecule has 2 aromatic heterocycles. The number of hydrogen-bond donors (Lipinski definition) is 2. The van der Waals surface area contributed by atoms with Crippen LogP contribution in [0.3, 0.4) is 0 Å². The Bertz CT molecular complexity index is 857. The van der Waals surface area contributed by atoms with Gasteiger partial charge in [-0.05, 0) is 35.6 Å². The number of carbonyl (C=O) groups excluding carboxylic acids is 1. The summed E-state index contributed by atoms with van der Waals surface area (Å²) in [7, 11) is 0. The number of hydrogen-bond acceptors (Lipinski definition) is 5. The third-order valence-electron chi connectivity index (χ3n) is 3.42. The number of thiophene rings is 1. The highest BCUT2D eigenvalue weighted by Gasteiger charge is 2.24. The molecule has 5 nitrogen and oxygen atoms in total. The van der Waals surface area contributed by atoms with Gasteiger partial charge < -0.3 is 15.6 Å². The fourth-order valence-corrected chi connectivity index (χ4v) is 3.31. The van der Waals surface area contributed by atoms with E-state index in [9.17, 15) is 4.79 Å². The van der Waals surface area contributed by atoms with Crippen molar-refractivity contribution in [2.45, 2.75) is 13.5 Å². The average Bonchev–Trinajstić information content (AvgIpc) is 3.11. The van der Waals surface area contributed by atoms with Crippen LogP contribution in [0, 0.1) is 6.92 Å². The molecule has 0 saturated heterocycles. The fourth-order valence-electron chi connectivity index (χ4n) is 2.20. The molecule has 0 spiro atoms. The van der Waals surface area contributed by atoms with Gasteiger partial charge in [-0.25, -0.2) is 0 Å². The monoisotopic (exact) mass is 347 g/mol. The second-order valence-corrected chi connectivity index (χ2v) is 6.30. The van der Waals surface area contributed by atoms with Crippen LogP contribution in [0.15, 0.2) is 40.2 Å². The minimum atomic E-state index is -0.341. The Balaban J connectivity index is 1.85. The zero-order valence-electron chi connectivity index (χ0n) is 12.3. The van der Waals surface area contributed by atoms with E-state index in [1.807, 2.05) is 36.6 Å². The van der Waals surface area contributed by atoms with Crippen LogP contribution in [0.2, 0.25) is 5.02 Å². The number of nitrogens with zero attached hydrogens (tertiary/aromatic N) is 1. The van der Waals surface area contributed by atoms with Crippen molar-refractivity contribution in [2.75, 3.05) is 5.73 Å². The van der Waals surface area contributed by atoms with Crippen molar-refractivity contribution < 1.29 is 9.32 Å². The van der Waals surface area contributed by atoms with E-state index in [2.05, 4.69) is 10.5 Å². The van der Waals surface area contributed by atoms with E-state index in [0.29, 0.717) is 17.3 Å². The number of nitrogens with two attached hydrogens (primary N) is 1. The van der Waals surface area contributed by atoms with Gasteiger partial charge >= 0.3 is 0 Å². The molecule has 0 unspecified atom stereocenters. The Morgan fingerprint density at radius 3 is 2.87 bits per heavy atom. The normalized spacial score (nSPS) is 10.7. The van der Waals surface area contributed by atoms with Gasteiger partial charge in [0.05, 0.1) is 4.88 Å². The number of halogens is 1. The van der Waals surface area contributed by atoms with Crippen molar-refractivity contribution in [3.63, 3.8) is 0 Å². The van der Waals surface area contributed by atoms with Gasteiger partial charge in [-0.1, -0.05) is 35.0 Å². The summed E-state index contributed by atoms with van der Waals surface area (Å²) in [4.78, 5) is 13.4. The molecule has 1 aromatic carbocycles. The maximum absolute atomic E-state index is 12.5. The van der Waals surface area contributed by atoms with Gasteiger partial charge in [-0.3, -0.25) is 4.79 Å². The van der Waals surface area contributed by atoms with Crippen LogP contribution in [0.25, 0.3) is 10.6 Å². The predicted octanol–water partition coefficient (Wildman–Crippen LogP) is 3.88. The Labute approximate surface area is 142 Å². The minimum Gasteiger partial charge on any atom is -0.367 e. The summed E-state index contributed by atoms with van der Waals surface area (Å²) in [6.07, 6.45) is 0. The second kappa shape index (κ2) is 6.44. The number of benzene rings is 1. The molecule has 0 aliphatic rings. The Kier molecular flexibility index (Phi) is 4.36. The Morgan fingerprint density at radius 2 is 2.17 bits per heavy atom. The van der Waals surface area contributed by atoms with Crippen LogP contribution in [0.5, 0.6) is 0 Å². The first-order valence-corrected chi connectivity index (χ1v) is 8.15. The molecule has 0 aliphatic carbocycles. The summed E-state index contributed by atoms with van der Waals surface area (Å²) in [5.41, 5.74) is 8.35. The lowest BCUT2D eigenvalue weighted by atomic mass is 10.1. The zero-order valence-corrected chi connectivity index (χ0v) is 13.9. The lowest BCUT2D eigenvalue weighted by Gasteiger charge is -2.07. The van der Waals surface area contributed by atoms with Crippen molar-refractivity contribution in [3.05, 3.63) is 57.4 Å². The van der Waals surface area contributed by atoms with Gasteiger partial charge in [0.1, 0.15) is 11.3 Å². The molecular formula is C16H14ClN3O2S. The quantitative estimate of drug-likeness (QED) is 0.750. The molecule has 1 amide bonds. The van der Waals surface area contributed by atoms with Crippen LogP contribution in [-0.4, -0.2) is 11.1 Å². The molecule has 0 aliphatic heterocycles. The summed E-state index contributed by atoms with van der Waals surface area (Å²) in [5, 5.41) is 9.27. The van der Waals surface area contributed by atoms with Crippen LogP contribution in [0.1, 0.15) is 21.5 Å². The molecule has 0 radical (unpaired) electrons. The molecule has 3 aromatic rings. The summed E-state index contributed by atoms with van der Waals surface area (Å²) in [6.45, 7) is 2.24. The molecule has 3 rings (SSSR count). The smallest absolute Gasteiger partial charge is 0.259 e. The molecule has 0 saturated carbocycles. The number of nitrogen functional groups attached to an aromatic ring is 1. The largest absolute Gasteiger partial charge is 0.367 e. The van der Waals surface area contributed by atoms with Crippen molar-refractivity contribution in [1.82, 2.24) is 10.5 Å². The molecule has 7 heteroatoms. The number of rotatable bonds is 4. The molecule has 23 heavy (non-hydrogen) atoms. The van der Waals surface area contributed by atoms with Gasteiger partial charge in [0, 0.05) is 11.6 Å². The highest BCUT2D eigenvalue weighted by Crippen LogP contribution is 2.33. The SMILES string of the molecule is Cc1ccsc1-c1noc(N)c1C(=O)NCc1ccccc1Cl. The summed E-state index contributed by atoms with van der Waals surface area (Å²) < 4.78 is 5.02. The number of aryl methyl sites for hydroxylation is 1. The first kappa shape index (κ1) is 15.6. The fraction of sp³-hybridized carbons (Fsp3) is 0.125. The lowest BCUT2D eigenvalue weighted by Crippen LogP contribution is -2.24.